The van der Waals surface area contributed by atoms with Crippen LogP contribution in [0.4, 0.5) is 0 Å². The molecule has 0 fully saturated rings. The third-order valence-electron chi connectivity index (χ3n) is 2.85. The van der Waals surface area contributed by atoms with Crippen LogP contribution in [0.25, 0.3) is 0 Å². The van der Waals surface area contributed by atoms with Gasteiger partial charge < -0.3 is 4.74 Å². The number of hydrogen-bond donors (Lipinski definition) is 2. The molecule has 0 amide bonds. The van der Waals surface area contributed by atoms with Crippen molar-refractivity contribution in [1.82, 2.24) is 15.2 Å². The van der Waals surface area contributed by atoms with Crippen molar-refractivity contribution in [3.8, 4) is 5.75 Å². The van der Waals surface area contributed by atoms with E-state index in [2.05, 4.69) is 24.4 Å². The van der Waals surface area contributed by atoms with Gasteiger partial charge >= 0.3 is 0 Å². The van der Waals surface area contributed by atoms with Crippen LogP contribution in [0.1, 0.15) is 36.5 Å². The second kappa shape index (κ2) is 5.92. The van der Waals surface area contributed by atoms with Gasteiger partial charge in [-0.15, -0.1) is 11.3 Å². The van der Waals surface area contributed by atoms with Crippen molar-refractivity contribution in [2.75, 3.05) is 7.11 Å². The van der Waals surface area contributed by atoms with E-state index < -0.39 is 0 Å². The fourth-order valence-corrected chi connectivity index (χ4v) is 3.22. The van der Waals surface area contributed by atoms with Crippen LogP contribution in [0.5, 0.6) is 5.75 Å². The van der Waals surface area contributed by atoms with Crippen LogP contribution in [0.15, 0.2) is 17.6 Å². The number of nitrogens with two attached hydrogens (primary N) is 1. The van der Waals surface area contributed by atoms with Crippen molar-refractivity contribution in [3.05, 3.63) is 33.2 Å². The van der Waals surface area contributed by atoms with E-state index in [1.165, 1.54) is 0 Å². The molecule has 0 bridgehead atoms. The van der Waals surface area contributed by atoms with Crippen LogP contribution in [0.2, 0.25) is 5.02 Å². The predicted molar refractivity (Wildman–Crippen MR) is 77.7 cm³/mol. The highest BCUT2D eigenvalue weighted by Gasteiger charge is 2.26. The summed E-state index contributed by atoms with van der Waals surface area (Å²) in [5.74, 6) is 6.41. The standard InChI is InChI=1S/C12H17ClN4OS/c1-7(2)17-11(9(18-3)6-15-17)10(16-14)12-8(13)4-5-19-12/h4-7,10,16H,14H2,1-3H3. The first-order chi connectivity index (χ1) is 9.10. The largest absolute Gasteiger partial charge is 0.493 e. The zero-order valence-electron chi connectivity index (χ0n) is 11.1. The van der Waals surface area contributed by atoms with E-state index in [0.717, 1.165) is 10.6 Å². The minimum atomic E-state index is -0.243. The Labute approximate surface area is 121 Å². The highest BCUT2D eigenvalue weighted by molar-refractivity contribution is 7.10. The fraction of sp³-hybridized carbons (Fsp3) is 0.417. The molecule has 0 radical (unpaired) electrons. The number of rotatable bonds is 5. The summed E-state index contributed by atoms with van der Waals surface area (Å²) in [4.78, 5) is 0.949. The van der Waals surface area contributed by atoms with Gasteiger partial charge in [-0.1, -0.05) is 11.6 Å². The molecule has 0 aromatic carbocycles. The first kappa shape index (κ1) is 14.3. The molecule has 104 valence electrons. The summed E-state index contributed by atoms with van der Waals surface area (Å²) in [5.41, 5.74) is 3.68. The Kier molecular flexibility index (Phi) is 4.46. The monoisotopic (exact) mass is 300 g/mol. The summed E-state index contributed by atoms with van der Waals surface area (Å²) in [7, 11) is 1.62. The summed E-state index contributed by atoms with van der Waals surface area (Å²) in [6, 6.07) is 1.81. The van der Waals surface area contributed by atoms with Gasteiger partial charge in [-0.3, -0.25) is 10.5 Å². The van der Waals surface area contributed by atoms with Gasteiger partial charge in [-0.05, 0) is 25.3 Å². The molecule has 0 saturated heterocycles. The Morgan fingerprint density at radius 1 is 1.53 bits per heavy atom. The molecule has 2 heterocycles. The Balaban J connectivity index is 2.54. The lowest BCUT2D eigenvalue weighted by Gasteiger charge is -2.20. The second-order valence-electron chi connectivity index (χ2n) is 4.37. The van der Waals surface area contributed by atoms with E-state index in [4.69, 9.17) is 22.2 Å². The Morgan fingerprint density at radius 3 is 2.74 bits per heavy atom. The quantitative estimate of drug-likeness (QED) is 0.658. The molecular formula is C12H17ClN4OS. The number of nitrogens with zero attached hydrogens (tertiary/aromatic N) is 2. The van der Waals surface area contributed by atoms with Gasteiger partial charge in [0.05, 0.1) is 18.3 Å². The molecule has 0 aliphatic carbocycles. The zero-order chi connectivity index (χ0) is 14.0. The van der Waals surface area contributed by atoms with E-state index >= 15 is 0 Å². The summed E-state index contributed by atoms with van der Waals surface area (Å²) >= 11 is 7.75. The van der Waals surface area contributed by atoms with Crippen molar-refractivity contribution in [2.24, 2.45) is 5.84 Å². The molecule has 0 aliphatic rings. The molecule has 7 heteroatoms. The maximum atomic E-state index is 6.20. The van der Waals surface area contributed by atoms with Crippen LogP contribution in [-0.2, 0) is 0 Å². The first-order valence-corrected chi connectivity index (χ1v) is 7.16. The molecule has 2 aromatic rings. The number of hydrazine groups is 1. The topological polar surface area (TPSA) is 65.1 Å². The minimum Gasteiger partial charge on any atom is -0.493 e. The molecule has 19 heavy (non-hydrogen) atoms. The van der Waals surface area contributed by atoms with Crippen molar-refractivity contribution in [1.29, 1.82) is 0 Å². The number of aromatic nitrogens is 2. The SMILES string of the molecule is COc1cnn(C(C)C)c1C(NN)c1sccc1Cl. The third-order valence-corrected chi connectivity index (χ3v) is 4.28. The van der Waals surface area contributed by atoms with Crippen LogP contribution in [0, 0.1) is 0 Å². The first-order valence-electron chi connectivity index (χ1n) is 5.90. The lowest BCUT2D eigenvalue weighted by atomic mass is 10.1. The zero-order valence-corrected chi connectivity index (χ0v) is 12.6. The summed E-state index contributed by atoms with van der Waals surface area (Å²) in [5, 5.41) is 6.97. The molecule has 3 N–H and O–H groups in total. The van der Waals surface area contributed by atoms with Crippen molar-refractivity contribution in [2.45, 2.75) is 25.9 Å². The van der Waals surface area contributed by atoms with Crippen molar-refractivity contribution >= 4 is 22.9 Å². The van der Waals surface area contributed by atoms with Crippen LogP contribution >= 0.6 is 22.9 Å². The molecule has 0 spiro atoms. The number of hydrogen-bond acceptors (Lipinski definition) is 5. The van der Waals surface area contributed by atoms with Crippen LogP contribution in [0.3, 0.4) is 0 Å². The molecule has 1 atom stereocenters. The average Bonchev–Trinajstić information content (AvgIpc) is 2.98. The lowest BCUT2D eigenvalue weighted by molar-refractivity contribution is 0.395. The van der Waals surface area contributed by atoms with Crippen molar-refractivity contribution < 1.29 is 4.74 Å². The Hall–Kier alpha value is -1.08. The Morgan fingerprint density at radius 2 is 2.26 bits per heavy atom. The van der Waals surface area contributed by atoms with Gasteiger partial charge in [-0.25, -0.2) is 5.43 Å². The summed E-state index contributed by atoms with van der Waals surface area (Å²) in [6.07, 6.45) is 1.70. The number of halogens is 1. The molecule has 2 rings (SSSR count). The predicted octanol–water partition coefficient (Wildman–Crippen LogP) is 2.74. The normalized spacial score (nSPS) is 12.9. The number of ether oxygens (including phenoxy) is 1. The second-order valence-corrected chi connectivity index (χ2v) is 5.72. The van der Waals surface area contributed by atoms with E-state index in [1.807, 2.05) is 16.1 Å². The summed E-state index contributed by atoms with van der Waals surface area (Å²) < 4.78 is 7.27. The maximum absolute atomic E-state index is 6.20. The highest BCUT2D eigenvalue weighted by Crippen LogP contribution is 2.37. The van der Waals surface area contributed by atoms with Gasteiger partial charge in [0.1, 0.15) is 11.7 Å². The number of nitrogens with one attached hydrogen (secondary N) is 1. The van der Waals surface area contributed by atoms with Crippen LogP contribution in [-0.4, -0.2) is 16.9 Å². The molecule has 2 aromatic heterocycles. The summed E-state index contributed by atoms with van der Waals surface area (Å²) in [6.45, 7) is 4.11. The number of thiophene rings is 1. The van der Waals surface area contributed by atoms with Gasteiger partial charge in [0.2, 0.25) is 0 Å². The maximum Gasteiger partial charge on any atom is 0.162 e. The molecular weight excluding hydrogens is 284 g/mol. The van der Waals surface area contributed by atoms with E-state index in [-0.39, 0.29) is 12.1 Å². The smallest absolute Gasteiger partial charge is 0.162 e. The Bertz CT molecular complexity index is 552. The molecule has 0 aliphatic heterocycles. The average molecular weight is 301 g/mol. The minimum absolute atomic E-state index is 0.202. The third kappa shape index (κ3) is 2.62. The molecule has 5 nitrogen and oxygen atoms in total. The van der Waals surface area contributed by atoms with Crippen molar-refractivity contribution in [3.63, 3.8) is 0 Å². The van der Waals surface area contributed by atoms with Gasteiger partial charge in [0.15, 0.2) is 5.75 Å². The van der Waals surface area contributed by atoms with E-state index in [9.17, 15) is 0 Å². The number of methoxy groups -OCH3 is 1. The van der Waals surface area contributed by atoms with E-state index in [1.54, 1.807) is 24.6 Å². The fourth-order valence-electron chi connectivity index (χ4n) is 1.99. The van der Waals surface area contributed by atoms with Gasteiger partial charge in [0, 0.05) is 10.9 Å². The molecule has 0 saturated carbocycles. The van der Waals surface area contributed by atoms with Gasteiger partial charge in [0.25, 0.3) is 0 Å². The molecule has 1 unspecified atom stereocenters. The van der Waals surface area contributed by atoms with Gasteiger partial charge in [-0.2, -0.15) is 5.10 Å². The lowest BCUT2D eigenvalue weighted by Crippen LogP contribution is -2.31. The van der Waals surface area contributed by atoms with Crippen LogP contribution < -0.4 is 16.0 Å². The highest BCUT2D eigenvalue weighted by atomic mass is 35.5. The van der Waals surface area contributed by atoms with E-state index in [0.29, 0.717) is 10.8 Å².